The summed E-state index contributed by atoms with van der Waals surface area (Å²) in [7, 11) is 0. The molecule has 0 radical (unpaired) electrons. The van der Waals surface area contributed by atoms with Crippen LogP contribution >= 0.6 is 11.6 Å². The van der Waals surface area contributed by atoms with Crippen molar-refractivity contribution in [3.05, 3.63) is 29.3 Å². The largest absolute Gasteiger partial charge is 0.369 e. The average Bonchev–Trinajstić information content (AvgIpc) is 3.19. The molecule has 1 aromatic rings. The Kier molecular flexibility index (Phi) is 3.30. The molecule has 0 aromatic heterocycles. The summed E-state index contributed by atoms with van der Waals surface area (Å²) in [5, 5.41) is 0.711. The lowest BCUT2D eigenvalue weighted by molar-refractivity contribution is -0.133. The van der Waals surface area contributed by atoms with E-state index in [0.717, 1.165) is 31.5 Å². The van der Waals surface area contributed by atoms with Crippen molar-refractivity contribution in [2.24, 2.45) is 0 Å². The number of urea groups is 1. The highest BCUT2D eigenvalue weighted by Crippen LogP contribution is 2.39. The monoisotopic (exact) mass is 333 g/mol. The van der Waals surface area contributed by atoms with Crippen LogP contribution in [0.3, 0.4) is 0 Å². The molecule has 0 spiro atoms. The fourth-order valence-electron chi connectivity index (χ4n) is 4.13. The molecule has 3 heterocycles. The van der Waals surface area contributed by atoms with Crippen molar-refractivity contribution in [3.63, 3.8) is 0 Å². The van der Waals surface area contributed by atoms with Gasteiger partial charge in [-0.2, -0.15) is 0 Å². The number of halogens is 1. The zero-order valence-electron chi connectivity index (χ0n) is 13.2. The number of rotatable bonds is 2. The molecule has 6 heteroatoms. The summed E-state index contributed by atoms with van der Waals surface area (Å²) >= 11 is 5.94. The van der Waals surface area contributed by atoms with E-state index < -0.39 is 5.54 Å². The third-order valence-corrected chi connectivity index (χ3v) is 5.73. The first-order valence-electron chi connectivity index (χ1n) is 8.16. The Morgan fingerprint density at radius 1 is 1.17 bits per heavy atom. The van der Waals surface area contributed by atoms with Gasteiger partial charge in [-0.1, -0.05) is 11.6 Å². The number of nitrogens with zero attached hydrogens (tertiary/aromatic N) is 3. The highest BCUT2D eigenvalue weighted by molar-refractivity contribution is 6.30. The summed E-state index contributed by atoms with van der Waals surface area (Å²) in [4.78, 5) is 31.0. The smallest absolute Gasteiger partial charge is 0.327 e. The van der Waals surface area contributed by atoms with Gasteiger partial charge in [0.2, 0.25) is 0 Å². The number of anilines is 1. The molecular formula is C17H20ClN3O2. The lowest BCUT2D eigenvalue weighted by Crippen LogP contribution is -2.45. The quantitative estimate of drug-likeness (QED) is 0.782. The Labute approximate surface area is 140 Å². The maximum Gasteiger partial charge on any atom is 0.327 e. The van der Waals surface area contributed by atoms with E-state index in [-0.39, 0.29) is 18.0 Å². The molecule has 23 heavy (non-hydrogen) atoms. The van der Waals surface area contributed by atoms with Crippen LogP contribution in [-0.4, -0.2) is 53.0 Å². The van der Waals surface area contributed by atoms with E-state index in [1.807, 2.05) is 31.2 Å². The minimum absolute atomic E-state index is 0.0112. The van der Waals surface area contributed by atoms with Crippen molar-refractivity contribution >= 4 is 29.2 Å². The summed E-state index contributed by atoms with van der Waals surface area (Å²) < 4.78 is 0. The molecule has 5 nitrogen and oxygen atoms in total. The summed E-state index contributed by atoms with van der Waals surface area (Å²) in [6.45, 7) is 4.15. The topological polar surface area (TPSA) is 43.9 Å². The van der Waals surface area contributed by atoms with Crippen molar-refractivity contribution in [1.82, 2.24) is 9.80 Å². The predicted molar refractivity (Wildman–Crippen MR) is 88.7 cm³/mol. The van der Waals surface area contributed by atoms with Crippen molar-refractivity contribution in [3.8, 4) is 0 Å². The summed E-state index contributed by atoms with van der Waals surface area (Å²) in [6, 6.07) is 7.57. The standard InChI is InChI=1S/C17H20ClN3O2/c1-17-8-2-9-20(17)16(23)21(15(17)22)14-7-10-19(11-14)13-5-3-12(18)4-6-13/h3-6,14H,2,7-11H2,1H3. The molecule has 1 aromatic carbocycles. The van der Waals surface area contributed by atoms with Crippen LogP contribution in [0.1, 0.15) is 26.2 Å². The number of hydrogen-bond acceptors (Lipinski definition) is 3. The third-order valence-electron chi connectivity index (χ3n) is 5.48. The highest BCUT2D eigenvalue weighted by Gasteiger charge is 2.58. The van der Waals surface area contributed by atoms with E-state index in [1.54, 1.807) is 4.90 Å². The van der Waals surface area contributed by atoms with Crippen molar-refractivity contribution in [2.45, 2.75) is 37.8 Å². The first-order chi connectivity index (χ1) is 11.0. The number of imide groups is 1. The highest BCUT2D eigenvalue weighted by atomic mass is 35.5. The van der Waals surface area contributed by atoms with Crippen molar-refractivity contribution < 1.29 is 9.59 Å². The molecule has 3 aliphatic rings. The molecule has 3 fully saturated rings. The number of fused-ring (bicyclic) bond motifs is 1. The van der Waals surface area contributed by atoms with Gasteiger partial charge in [-0.25, -0.2) is 4.79 Å². The fraction of sp³-hybridized carbons (Fsp3) is 0.529. The molecule has 3 aliphatic heterocycles. The average molecular weight is 334 g/mol. The molecule has 4 rings (SSSR count). The van der Waals surface area contributed by atoms with Gasteiger partial charge in [0.1, 0.15) is 5.54 Å². The maximum atomic E-state index is 12.8. The van der Waals surface area contributed by atoms with Crippen LogP contribution in [0, 0.1) is 0 Å². The van der Waals surface area contributed by atoms with Gasteiger partial charge in [0.15, 0.2) is 0 Å². The van der Waals surface area contributed by atoms with Crippen LogP contribution in [0.5, 0.6) is 0 Å². The lowest BCUT2D eigenvalue weighted by atomic mass is 9.99. The van der Waals surface area contributed by atoms with Gasteiger partial charge >= 0.3 is 6.03 Å². The second kappa shape index (κ2) is 5.13. The second-order valence-electron chi connectivity index (χ2n) is 6.85. The van der Waals surface area contributed by atoms with Gasteiger partial charge in [-0.15, -0.1) is 0 Å². The third kappa shape index (κ3) is 2.13. The Hall–Kier alpha value is -1.75. The number of benzene rings is 1. The van der Waals surface area contributed by atoms with Crippen LogP contribution in [-0.2, 0) is 4.79 Å². The maximum absolute atomic E-state index is 12.8. The summed E-state index contributed by atoms with van der Waals surface area (Å²) in [5.41, 5.74) is 0.479. The van der Waals surface area contributed by atoms with E-state index in [1.165, 1.54) is 4.90 Å². The summed E-state index contributed by atoms with van der Waals surface area (Å²) in [5.74, 6) is -0.0112. The SMILES string of the molecule is CC12CCCN1C(=O)N(C1CCN(c3ccc(Cl)cc3)C1)C2=O. The zero-order valence-corrected chi connectivity index (χ0v) is 13.9. The van der Waals surface area contributed by atoms with E-state index in [9.17, 15) is 9.59 Å². The van der Waals surface area contributed by atoms with Crippen molar-refractivity contribution in [1.29, 1.82) is 0 Å². The van der Waals surface area contributed by atoms with Crippen LogP contribution < -0.4 is 4.90 Å². The minimum atomic E-state index is -0.606. The molecule has 2 unspecified atom stereocenters. The number of amides is 3. The Morgan fingerprint density at radius 2 is 1.91 bits per heavy atom. The lowest BCUT2D eigenvalue weighted by Gasteiger charge is -2.24. The normalized spacial score (nSPS) is 30.5. The molecule has 0 bridgehead atoms. The molecular weight excluding hydrogens is 314 g/mol. The van der Waals surface area contributed by atoms with Gasteiger partial charge in [-0.3, -0.25) is 9.69 Å². The van der Waals surface area contributed by atoms with E-state index in [4.69, 9.17) is 11.6 Å². The Morgan fingerprint density at radius 3 is 2.61 bits per heavy atom. The zero-order chi connectivity index (χ0) is 16.2. The molecule has 122 valence electrons. The number of carbonyl (C=O) groups is 2. The Balaban J connectivity index is 1.53. The molecule has 0 N–H and O–H groups in total. The molecule has 0 saturated carbocycles. The first-order valence-corrected chi connectivity index (χ1v) is 8.54. The van der Waals surface area contributed by atoms with Crippen LogP contribution in [0.25, 0.3) is 0 Å². The van der Waals surface area contributed by atoms with Gasteiger partial charge in [0, 0.05) is 30.3 Å². The van der Waals surface area contributed by atoms with E-state index in [0.29, 0.717) is 18.1 Å². The molecule has 2 atom stereocenters. The fourth-order valence-corrected chi connectivity index (χ4v) is 4.26. The minimum Gasteiger partial charge on any atom is -0.369 e. The van der Waals surface area contributed by atoms with Gasteiger partial charge in [-0.05, 0) is 50.5 Å². The van der Waals surface area contributed by atoms with Crippen LogP contribution in [0.15, 0.2) is 24.3 Å². The second-order valence-corrected chi connectivity index (χ2v) is 7.29. The van der Waals surface area contributed by atoms with E-state index >= 15 is 0 Å². The number of carbonyl (C=O) groups excluding carboxylic acids is 2. The predicted octanol–water partition coefficient (Wildman–Crippen LogP) is 2.74. The van der Waals surface area contributed by atoms with Crippen LogP contribution in [0.4, 0.5) is 10.5 Å². The van der Waals surface area contributed by atoms with Gasteiger partial charge in [0.05, 0.1) is 6.04 Å². The van der Waals surface area contributed by atoms with Crippen LogP contribution in [0.2, 0.25) is 5.02 Å². The van der Waals surface area contributed by atoms with E-state index in [2.05, 4.69) is 4.90 Å². The molecule has 3 saturated heterocycles. The number of hydrogen-bond donors (Lipinski definition) is 0. The van der Waals surface area contributed by atoms with Gasteiger partial charge in [0.25, 0.3) is 5.91 Å². The first kappa shape index (κ1) is 14.8. The summed E-state index contributed by atoms with van der Waals surface area (Å²) in [6.07, 6.45) is 2.52. The Bertz CT molecular complexity index is 662. The molecule has 0 aliphatic carbocycles. The van der Waals surface area contributed by atoms with Gasteiger partial charge < -0.3 is 9.80 Å². The molecule has 3 amide bonds. The van der Waals surface area contributed by atoms with Crippen molar-refractivity contribution in [2.75, 3.05) is 24.5 Å².